The number of esters is 1. The SMILES string of the molecule is C[N+](C)(C)CC(CC(=O)O)OC(=O)CCCCCCC/C=C/C=C/CC(=O)O. The molecule has 0 saturated carbocycles. The van der Waals surface area contributed by atoms with Gasteiger partial charge in [-0.15, -0.1) is 0 Å². The molecule has 0 aromatic rings. The highest BCUT2D eigenvalue weighted by molar-refractivity contribution is 5.71. The van der Waals surface area contributed by atoms with E-state index in [1.54, 1.807) is 12.2 Å². The van der Waals surface area contributed by atoms with Crippen molar-refractivity contribution in [3.8, 4) is 0 Å². The highest BCUT2D eigenvalue weighted by atomic mass is 16.5. The number of hydrogen-bond donors (Lipinski definition) is 2. The molecular formula is C21H36NO6+. The maximum Gasteiger partial charge on any atom is 0.307 e. The fourth-order valence-electron chi connectivity index (χ4n) is 2.68. The van der Waals surface area contributed by atoms with Crippen molar-refractivity contribution < 1.29 is 33.8 Å². The van der Waals surface area contributed by atoms with E-state index < -0.39 is 18.0 Å². The van der Waals surface area contributed by atoms with Crippen LogP contribution < -0.4 is 0 Å². The van der Waals surface area contributed by atoms with Gasteiger partial charge in [0, 0.05) is 6.42 Å². The van der Waals surface area contributed by atoms with Gasteiger partial charge in [0.1, 0.15) is 6.54 Å². The smallest absolute Gasteiger partial charge is 0.307 e. The molecule has 0 spiro atoms. The Morgan fingerprint density at radius 2 is 1.50 bits per heavy atom. The first-order valence-electron chi connectivity index (χ1n) is 9.85. The Morgan fingerprint density at radius 1 is 0.893 bits per heavy atom. The molecule has 0 aliphatic carbocycles. The zero-order chi connectivity index (χ0) is 21.4. The van der Waals surface area contributed by atoms with Crippen molar-refractivity contribution in [1.29, 1.82) is 0 Å². The van der Waals surface area contributed by atoms with Gasteiger partial charge in [-0.3, -0.25) is 14.4 Å². The van der Waals surface area contributed by atoms with Crippen molar-refractivity contribution in [2.45, 2.75) is 63.9 Å². The average Bonchev–Trinajstić information content (AvgIpc) is 2.53. The Bertz CT molecular complexity index is 534. The van der Waals surface area contributed by atoms with Crippen LogP contribution >= 0.6 is 0 Å². The lowest BCUT2D eigenvalue weighted by Gasteiger charge is -2.28. The number of hydrogen-bond acceptors (Lipinski definition) is 4. The van der Waals surface area contributed by atoms with Crippen LogP contribution in [0.4, 0.5) is 0 Å². The van der Waals surface area contributed by atoms with Crippen molar-refractivity contribution >= 4 is 17.9 Å². The predicted octanol–water partition coefficient (Wildman–Crippen LogP) is 3.40. The van der Waals surface area contributed by atoms with Gasteiger partial charge in [0.25, 0.3) is 0 Å². The first-order chi connectivity index (χ1) is 13.1. The zero-order valence-corrected chi connectivity index (χ0v) is 17.4. The first kappa shape index (κ1) is 25.9. The van der Waals surface area contributed by atoms with Crippen LogP contribution in [0.15, 0.2) is 24.3 Å². The molecule has 7 nitrogen and oxygen atoms in total. The monoisotopic (exact) mass is 398 g/mol. The second-order valence-electron chi connectivity index (χ2n) is 7.94. The molecule has 0 aliphatic heterocycles. The number of carboxylic acids is 2. The summed E-state index contributed by atoms with van der Waals surface area (Å²) in [5.74, 6) is -2.12. The lowest BCUT2D eigenvalue weighted by Crippen LogP contribution is -2.43. The van der Waals surface area contributed by atoms with Crippen LogP contribution in [-0.2, 0) is 19.1 Å². The van der Waals surface area contributed by atoms with Gasteiger partial charge in [-0.2, -0.15) is 0 Å². The summed E-state index contributed by atoms with van der Waals surface area (Å²) in [4.78, 5) is 33.2. The lowest BCUT2D eigenvalue weighted by molar-refractivity contribution is -0.873. The molecule has 28 heavy (non-hydrogen) atoms. The van der Waals surface area contributed by atoms with E-state index in [0.717, 1.165) is 38.5 Å². The van der Waals surface area contributed by atoms with Gasteiger partial charge in [-0.1, -0.05) is 43.6 Å². The summed E-state index contributed by atoms with van der Waals surface area (Å²) in [6.45, 7) is 0.469. The fourth-order valence-corrected chi connectivity index (χ4v) is 2.68. The number of quaternary nitrogens is 1. The highest BCUT2D eigenvalue weighted by Gasteiger charge is 2.24. The molecule has 0 aliphatic rings. The Kier molecular flexibility index (Phi) is 13.7. The number of nitrogens with zero attached hydrogens (tertiary/aromatic N) is 1. The lowest BCUT2D eigenvalue weighted by atomic mass is 10.1. The molecule has 0 amide bonds. The molecule has 7 heteroatoms. The molecule has 0 aromatic heterocycles. The Morgan fingerprint density at radius 3 is 2.11 bits per heavy atom. The van der Waals surface area contributed by atoms with E-state index in [4.69, 9.17) is 14.9 Å². The van der Waals surface area contributed by atoms with Crippen LogP contribution in [0.25, 0.3) is 0 Å². The topological polar surface area (TPSA) is 101 Å². The number of carbonyl (C=O) groups is 3. The number of aliphatic carboxylic acids is 2. The van der Waals surface area contributed by atoms with E-state index in [1.165, 1.54) is 0 Å². The van der Waals surface area contributed by atoms with Crippen LogP contribution in [0.5, 0.6) is 0 Å². The second-order valence-corrected chi connectivity index (χ2v) is 7.94. The van der Waals surface area contributed by atoms with Gasteiger partial charge in [-0.25, -0.2) is 0 Å². The van der Waals surface area contributed by atoms with Crippen molar-refractivity contribution in [1.82, 2.24) is 0 Å². The van der Waals surface area contributed by atoms with Gasteiger partial charge in [0.05, 0.1) is 34.0 Å². The third-order valence-electron chi connectivity index (χ3n) is 3.88. The molecular weight excluding hydrogens is 362 g/mol. The molecule has 0 fully saturated rings. The molecule has 0 radical (unpaired) electrons. The van der Waals surface area contributed by atoms with Crippen LogP contribution in [0, 0.1) is 0 Å². The molecule has 0 aromatic carbocycles. The summed E-state index contributed by atoms with van der Waals surface area (Å²) < 4.78 is 5.89. The Labute approximate surface area is 168 Å². The molecule has 0 saturated heterocycles. The van der Waals surface area contributed by atoms with Crippen LogP contribution in [0.1, 0.15) is 57.8 Å². The summed E-state index contributed by atoms with van der Waals surface area (Å²) in [5.41, 5.74) is 0. The quantitative estimate of drug-likeness (QED) is 0.179. The number of allylic oxidation sites excluding steroid dienone is 3. The zero-order valence-electron chi connectivity index (χ0n) is 17.4. The summed E-state index contributed by atoms with van der Waals surface area (Å²) in [5, 5.41) is 17.4. The number of unbranched alkanes of at least 4 members (excludes halogenated alkanes) is 5. The van der Waals surface area contributed by atoms with E-state index in [9.17, 15) is 14.4 Å². The third-order valence-corrected chi connectivity index (χ3v) is 3.88. The van der Waals surface area contributed by atoms with Gasteiger partial charge in [-0.05, 0) is 19.3 Å². The molecule has 0 bridgehead atoms. The number of carboxylic acid groups (broad SMARTS) is 2. The molecule has 1 atom stereocenters. The minimum atomic E-state index is -0.960. The van der Waals surface area contributed by atoms with Crippen molar-refractivity contribution in [2.75, 3.05) is 27.7 Å². The molecule has 160 valence electrons. The maximum atomic E-state index is 11.9. The number of likely N-dealkylation sites (N-methyl/N-ethyl adjacent to an activating group) is 1. The van der Waals surface area contributed by atoms with Gasteiger partial charge in [0.2, 0.25) is 0 Å². The minimum absolute atomic E-state index is 0.0408. The molecule has 2 N–H and O–H groups in total. The maximum absolute atomic E-state index is 11.9. The van der Waals surface area contributed by atoms with Crippen molar-refractivity contribution in [3.05, 3.63) is 24.3 Å². The summed E-state index contributed by atoms with van der Waals surface area (Å²) >= 11 is 0. The van der Waals surface area contributed by atoms with E-state index in [0.29, 0.717) is 17.4 Å². The molecule has 0 rings (SSSR count). The van der Waals surface area contributed by atoms with Crippen LogP contribution in [0.2, 0.25) is 0 Å². The summed E-state index contributed by atoms with van der Waals surface area (Å²) in [6, 6.07) is 0. The number of carbonyl (C=O) groups excluding carboxylic acids is 1. The van der Waals surface area contributed by atoms with E-state index in [1.807, 2.05) is 33.3 Å². The second kappa shape index (κ2) is 14.9. The number of rotatable bonds is 16. The largest absolute Gasteiger partial charge is 0.481 e. The summed E-state index contributed by atoms with van der Waals surface area (Å²) in [6.07, 6.45) is 12.6. The van der Waals surface area contributed by atoms with Crippen LogP contribution in [-0.4, -0.2) is 66.4 Å². The molecule has 0 heterocycles. The predicted molar refractivity (Wildman–Crippen MR) is 108 cm³/mol. The number of ether oxygens (including phenoxy) is 1. The van der Waals surface area contributed by atoms with E-state index >= 15 is 0 Å². The van der Waals surface area contributed by atoms with Gasteiger partial charge >= 0.3 is 17.9 Å². The van der Waals surface area contributed by atoms with Crippen molar-refractivity contribution in [3.63, 3.8) is 0 Å². The van der Waals surface area contributed by atoms with Crippen molar-refractivity contribution in [2.24, 2.45) is 0 Å². The normalized spacial score (nSPS) is 13.1. The standard InChI is InChI=1S/C21H35NO6/c1-22(2,3)17-18(16-20(25)26)28-21(27)15-13-11-9-7-5-4-6-8-10-12-14-19(23)24/h6,8,10,12,18H,4-5,7,9,11,13-17H2,1-3H3,(H-,23,24,25,26)/p+1/b8-6+,12-10+. The van der Waals surface area contributed by atoms with Gasteiger partial charge in [0.15, 0.2) is 6.10 Å². The van der Waals surface area contributed by atoms with Gasteiger partial charge < -0.3 is 19.4 Å². The Balaban J connectivity index is 3.82. The highest BCUT2D eigenvalue weighted by Crippen LogP contribution is 2.11. The average molecular weight is 399 g/mol. The Hall–Kier alpha value is -2.15. The first-order valence-corrected chi connectivity index (χ1v) is 9.85. The fraction of sp³-hybridized carbons (Fsp3) is 0.667. The third kappa shape index (κ3) is 18.6. The van der Waals surface area contributed by atoms with Crippen LogP contribution in [0.3, 0.4) is 0 Å². The molecule has 1 unspecified atom stereocenters. The summed E-state index contributed by atoms with van der Waals surface area (Å²) in [7, 11) is 5.80. The van der Waals surface area contributed by atoms with E-state index in [-0.39, 0.29) is 18.8 Å². The van der Waals surface area contributed by atoms with E-state index in [2.05, 4.69) is 0 Å². The minimum Gasteiger partial charge on any atom is -0.481 e.